The van der Waals surface area contributed by atoms with Crippen molar-refractivity contribution in [3.63, 3.8) is 0 Å². The van der Waals surface area contributed by atoms with Gasteiger partial charge in [-0.25, -0.2) is 0 Å². The number of nitrogens with zero attached hydrogens (tertiary/aromatic N) is 1. The molecule has 1 heterocycles. The lowest BCUT2D eigenvalue weighted by Crippen LogP contribution is -2.62. The smallest absolute Gasteiger partial charge is 0.494 e. The molecule has 0 amide bonds. The normalized spacial score (nSPS) is 25.8. The highest BCUT2D eigenvalue weighted by Crippen LogP contribution is 2.25. The highest BCUT2D eigenvalue weighted by molar-refractivity contribution is 5.31. The molecule has 1 aliphatic rings. The molecule has 0 spiro atoms. The molecule has 7 nitrogen and oxygen atoms in total. The lowest BCUT2D eigenvalue weighted by atomic mass is 9.94. The van der Waals surface area contributed by atoms with Crippen LogP contribution in [-0.4, -0.2) is 82.3 Å². The number of benzene rings is 1. The van der Waals surface area contributed by atoms with Crippen molar-refractivity contribution in [1.29, 1.82) is 0 Å². The van der Waals surface area contributed by atoms with E-state index in [1.807, 2.05) is 0 Å². The van der Waals surface area contributed by atoms with Crippen molar-refractivity contribution in [2.75, 3.05) is 26.3 Å². The first-order valence-corrected chi connectivity index (χ1v) is 9.59. The molecule has 2 rings (SSSR count). The van der Waals surface area contributed by atoms with Gasteiger partial charge in [-0.3, -0.25) is 4.90 Å². The molecule has 166 valence electrons. The van der Waals surface area contributed by atoms with Gasteiger partial charge in [-0.1, -0.05) is 12.8 Å². The largest absolute Gasteiger partial charge is 0.573 e. The van der Waals surface area contributed by atoms with Gasteiger partial charge in [-0.2, -0.15) is 0 Å². The molecule has 0 aliphatic carbocycles. The number of hydrogen-bond acceptors (Lipinski definition) is 7. The summed E-state index contributed by atoms with van der Waals surface area (Å²) in [6.45, 7) is 0.895. The summed E-state index contributed by atoms with van der Waals surface area (Å²) < 4.78 is 45.6. The van der Waals surface area contributed by atoms with Crippen molar-refractivity contribution >= 4 is 0 Å². The Morgan fingerprint density at radius 3 is 2.17 bits per heavy atom. The first-order valence-electron chi connectivity index (χ1n) is 9.59. The Labute approximate surface area is 167 Å². The van der Waals surface area contributed by atoms with E-state index in [0.29, 0.717) is 18.9 Å². The van der Waals surface area contributed by atoms with Crippen molar-refractivity contribution < 1.29 is 43.1 Å². The molecule has 1 aliphatic heterocycles. The number of aliphatic hydroxyl groups is 4. The number of β-amino-alcohol motifs (C(OH)–C–C–N with tert-alkyl or cyclic N) is 1. The first-order chi connectivity index (χ1) is 13.7. The lowest BCUT2D eigenvalue weighted by molar-refractivity contribution is -0.274. The Morgan fingerprint density at radius 2 is 1.55 bits per heavy atom. The number of hydrogen-bond donors (Lipinski definition) is 4. The summed E-state index contributed by atoms with van der Waals surface area (Å²) in [4.78, 5) is 1.78. The average Bonchev–Trinajstić information content (AvgIpc) is 2.65. The van der Waals surface area contributed by atoms with Crippen LogP contribution in [0.3, 0.4) is 0 Å². The summed E-state index contributed by atoms with van der Waals surface area (Å²) in [5, 5.41) is 38.8. The van der Waals surface area contributed by atoms with Gasteiger partial charge in [0.2, 0.25) is 0 Å². The third-order valence-corrected chi connectivity index (χ3v) is 4.88. The molecular formula is C19H28F3NO6. The SMILES string of the molecule is OC[C@@H]1[C@@H](O)[C@H](O)[C@@H](O)CN1CCCCCCOc1ccc(OC(F)(F)F)cc1. The minimum absolute atomic E-state index is 0.195. The van der Waals surface area contributed by atoms with E-state index in [0.717, 1.165) is 25.7 Å². The Bertz CT molecular complexity index is 601. The third-order valence-electron chi connectivity index (χ3n) is 4.88. The average molecular weight is 423 g/mol. The van der Waals surface area contributed by atoms with Crippen LogP contribution in [0.5, 0.6) is 11.5 Å². The fraction of sp³-hybridized carbons (Fsp3) is 0.684. The Hall–Kier alpha value is -1.59. The molecular weight excluding hydrogens is 395 g/mol. The number of rotatable bonds is 10. The quantitative estimate of drug-likeness (QED) is 0.421. The summed E-state index contributed by atoms with van der Waals surface area (Å²) in [5.41, 5.74) is 0. The summed E-state index contributed by atoms with van der Waals surface area (Å²) in [6, 6.07) is 4.62. The third kappa shape index (κ3) is 7.63. The molecule has 29 heavy (non-hydrogen) atoms. The van der Waals surface area contributed by atoms with Gasteiger partial charge in [0.15, 0.2) is 0 Å². The molecule has 0 saturated carbocycles. The van der Waals surface area contributed by atoms with Gasteiger partial charge in [0.05, 0.1) is 25.4 Å². The molecule has 0 bridgehead atoms. The van der Waals surface area contributed by atoms with Gasteiger partial charge in [-0.15, -0.1) is 13.2 Å². The topological polar surface area (TPSA) is 103 Å². The molecule has 4 atom stereocenters. The van der Waals surface area contributed by atoms with Crippen LogP contribution in [0.1, 0.15) is 25.7 Å². The molecule has 10 heteroatoms. The van der Waals surface area contributed by atoms with Gasteiger partial charge in [0, 0.05) is 6.54 Å². The highest BCUT2D eigenvalue weighted by Gasteiger charge is 2.40. The van der Waals surface area contributed by atoms with Gasteiger partial charge in [0.1, 0.15) is 23.7 Å². The van der Waals surface area contributed by atoms with Crippen molar-refractivity contribution in [2.24, 2.45) is 0 Å². The zero-order valence-corrected chi connectivity index (χ0v) is 16.0. The van der Waals surface area contributed by atoms with Crippen molar-refractivity contribution in [3.05, 3.63) is 24.3 Å². The standard InChI is InChI=1S/C19H28F3NO6/c20-19(21,22)29-14-7-5-13(6-8-14)28-10-4-2-1-3-9-23-11-16(25)18(27)17(26)15(23)12-24/h5-8,15-18,24-27H,1-4,9-12H2/t15-,16+,17-,18-/m1/s1. The zero-order chi connectivity index (χ0) is 21.4. The van der Waals surface area contributed by atoms with Crippen LogP contribution in [0.15, 0.2) is 24.3 Å². The summed E-state index contributed by atoms with van der Waals surface area (Å²) in [5.74, 6) is 0.159. The number of alkyl halides is 3. The van der Waals surface area contributed by atoms with Crippen LogP contribution in [0, 0.1) is 0 Å². The number of likely N-dealkylation sites (tertiary alicyclic amines) is 1. The molecule has 0 aromatic heterocycles. The second kappa shape index (κ2) is 11.0. The number of ether oxygens (including phenoxy) is 2. The predicted molar refractivity (Wildman–Crippen MR) is 97.6 cm³/mol. The number of piperidine rings is 1. The van der Waals surface area contributed by atoms with E-state index in [9.17, 15) is 33.6 Å². The van der Waals surface area contributed by atoms with E-state index in [-0.39, 0.29) is 18.9 Å². The van der Waals surface area contributed by atoms with Crippen LogP contribution in [-0.2, 0) is 0 Å². The van der Waals surface area contributed by atoms with E-state index in [2.05, 4.69) is 4.74 Å². The fourth-order valence-electron chi connectivity index (χ4n) is 3.33. The summed E-state index contributed by atoms with van der Waals surface area (Å²) in [6.07, 6.45) is -4.94. The molecule has 1 aromatic carbocycles. The molecule has 1 saturated heterocycles. The number of unbranched alkanes of at least 4 members (excludes halogenated alkanes) is 3. The Balaban J connectivity index is 1.60. The van der Waals surface area contributed by atoms with Gasteiger partial charge in [-0.05, 0) is 43.7 Å². The van der Waals surface area contributed by atoms with E-state index < -0.39 is 30.7 Å². The molecule has 4 N–H and O–H groups in total. The maximum Gasteiger partial charge on any atom is 0.573 e. The predicted octanol–water partition coefficient (Wildman–Crippen LogP) is 1.28. The Morgan fingerprint density at radius 1 is 0.931 bits per heavy atom. The monoisotopic (exact) mass is 423 g/mol. The van der Waals surface area contributed by atoms with E-state index in [4.69, 9.17) is 4.74 Å². The maximum absolute atomic E-state index is 12.1. The van der Waals surface area contributed by atoms with Gasteiger partial charge >= 0.3 is 6.36 Å². The molecule has 0 unspecified atom stereocenters. The van der Waals surface area contributed by atoms with Crippen molar-refractivity contribution in [3.8, 4) is 11.5 Å². The van der Waals surface area contributed by atoms with E-state index in [1.165, 1.54) is 24.3 Å². The van der Waals surface area contributed by atoms with Crippen LogP contribution < -0.4 is 9.47 Å². The van der Waals surface area contributed by atoms with Crippen LogP contribution in [0.4, 0.5) is 13.2 Å². The number of halogens is 3. The van der Waals surface area contributed by atoms with Gasteiger partial charge < -0.3 is 29.9 Å². The summed E-state index contributed by atoms with van der Waals surface area (Å²) in [7, 11) is 0. The molecule has 1 aromatic rings. The second-order valence-electron chi connectivity index (χ2n) is 7.08. The molecule has 1 fully saturated rings. The van der Waals surface area contributed by atoms with Crippen molar-refractivity contribution in [2.45, 2.75) is 56.4 Å². The lowest BCUT2D eigenvalue weighted by Gasteiger charge is -2.43. The fourth-order valence-corrected chi connectivity index (χ4v) is 3.33. The number of aliphatic hydroxyl groups excluding tert-OH is 4. The van der Waals surface area contributed by atoms with Crippen molar-refractivity contribution in [1.82, 2.24) is 4.90 Å². The second-order valence-corrected chi connectivity index (χ2v) is 7.08. The first kappa shape index (κ1) is 23.7. The van der Waals surface area contributed by atoms with Gasteiger partial charge in [0.25, 0.3) is 0 Å². The highest BCUT2D eigenvalue weighted by atomic mass is 19.4. The van der Waals surface area contributed by atoms with E-state index in [1.54, 1.807) is 4.90 Å². The maximum atomic E-state index is 12.1. The summed E-state index contributed by atoms with van der Waals surface area (Å²) >= 11 is 0. The van der Waals surface area contributed by atoms with Crippen LogP contribution >= 0.6 is 0 Å². The van der Waals surface area contributed by atoms with E-state index >= 15 is 0 Å². The van der Waals surface area contributed by atoms with Crippen LogP contribution in [0.2, 0.25) is 0 Å². The van der Waals surface area contributed by atoms with Crippen LogP contribution in [0.25, 0.3) is 0 Å². The molecule has 0 radical (unpaired) electrons. The Kier molecular flexibility index (Phi) is 8.97. The minimum Gasteiger partial charge on any atom is -0.494 e. The minimum atomic E-state index is -4.72. The zero-order valence-electron chi connectivity index (χ0n) is 16.0.